The number of benzene rings is 1. The van der Waals surface area contributed by atoms with Crippen molar-refractivity contribution in [1.82, 2.24) is 4.90 Å². The molecule has 1 aromatic rings. The predicted molar refractivity (Wildman–Crippen MR) is 67.0 cm³/mol. The van der Waals surface area contributed by atoms with Crippen molar-refractivity contribution < 1.29 is 9.90 Å². The van der Waals surface area contributed by atoms with E-state index in [1.165, 1.54) is 0 Å². The summed E-state index contributed by atoms with van der Waals surface area (Å²) < 4.78 is 0. The third-order valence-corrected chi connectivity index (χ3v) is 3.34. The molecule has 1 aliphatic rings. The number of aliphatic hydroxyl groups excluding tert-OH is 1. The van der Waals surface area contributed by atoms with E-state index in [0.29, 0.717) is 6.54 Å². The molecule has 0 spiro atoms. The Bertz CT molecular complexity index is 420. The van der Waals surface area contributed by atoms with Gasteiger partial charge in [0.15, 0.2) is 0 Å². The van der Waals surface area contributed by atoms with Crippen molar-refractivity contribution in [2.75, 3.05) is 31.6 Å². The van der Waals surface area contributed by atoms with Gasteiger partial charge in [-0.1, -0.05) is 18.2 Å². The lowest BCUT2D eigenvalue weighted by Crippen LogP contribution is -2.57. The number of rotatable bonds is 2. The molecule has 2 rings (SSSR count). The Hall–Kier alpha value is -1.39. The van der Waals surface area contributed by atoms with E-state index >= 15 is 0 Å². The fraction of sp³-hybridized carbons (Fsp3) is 0.462. The first kappa shape index (κ1) is 12.1. The van der Waals surface area contributed by atoms with Crippen LogP contribution in [0.15, 0.2) is 24.3 Å². The lowest BCUT2D eigenvalue weighted by molar-refractivity contribution is -0.126. The topological polar surface area (TPSA) is 43.8 Å². The van der Waals surface area contributed by atoms with Gasteiger partial charge in [-0.25, -0.2) is 0 Å². The molecule has 0 aliphatic carbocycles. The summed E-state index contributed by atoms with van der Waals surface area (Å²) in [5, 5.41) is 9.28. The number of aryl methyl sites for hydroxylation is 1. The van der Waals surface area contributed by atoms with E-state index in [2.05, 4.69) is 0 Å². The van der Waals surface area contributed by atoms with Crippen LogP contribution in [-0.4, -0.2) is 48.7 Å². The molecule has 92 valence electrons. The van der Waals surface area contributed by atoms with Gasteiger partial charge in [0.25, 0.3) is 0 Å². The molecule has 1 N–H and O–H groups in total. The van der Waals surface area contributed by atoms with Crippen molar-refractivity contribution >= 4 is 11.6 Å². The highest BCUT2D eigenvalue weighted by Crippen LogP contribution is 2.23. The molecule has 1 aliphatic heterocycles. The van der Waals surface area contributed by atoms with Gasteiger partial charge in [-0.3, -0.25) is 9.69 Å². The van der Waals surface area contributed by atoms with Crippen LogP contribution in [-0.2, 0) is 4.79 Å². The van der Waals surface area contributed by atoms with Gasteiger partial charge in [0.1, 0.15) is 6.04 Å². The van der Waals surface area contributed by atoms with Gasteiger partial charge in [-0.15, -0.1) is 0 Å². The number of para-hydroxylation sites is 1. The monoisotopic (exact) mass is 234 g/mol. The molecule has 0 radical (unpaired) electrons. The number of amides is 1. The van der Waals surface area contributed by atoms with E-state index in [9.17, 15) is 9.90 Å². The normalized spacial score (nSPS) is 21.9. The Kier molecular flexibility index (Phi) is 3.45. The van der Waals surface area contributed by atoms with E-state index in [1.54, 1.807) is 4.90 Å². The van der Waals surface area contributed by atoms with Crippen molar-refractivity contribution in [1.29, 1.82) is 0 Å². The van der Waals surface area contributed by atoms with E-state index < -0.39 is 6.04 Å². The minimum atomic E-state index is -0.414. The number of nitrogens with zero attached hydrogens (tertiary/aromatic N) is 2. The van der Waals surface area contributed by atoms with Crippen molar-refractivity contribution in [2.24, 2.45) is 0 Å². The minimum Gasteiger partial charge on any atom is -0.394 e. The number of anilines is 1. The Morgan fingerprint density at radius 3 is 2.71 bits per heavy atom. The lowest BCUT2D eigenvalue weighted by Gasteiger charge is -2.38. The number of likely N-dealkylation sites (N-methyl/N-ethyl adjacent to an activating group) is 1. The number of piperazine rings is 1. The van der Waals surface area contributed by atoms with Crippen LogP contribution in [0.25, 0.3) is 0 Å². The van der Waals surface area contributed by atoms with Gasteiger partial charge in [0.2, 0.25) is 5.91 Å². The molecule has 4 nitrogen and oxygen atoms in total. The maximum Gasteiger partial charge on any atom is 0.246 e. The molecule has 1 amide bonds. The average molecular weight is 234 g/mol. The summed E-state index contributed by atoms with van der Waals surface area (Å²) >= 11 is 0. The molecule has 1 atom stereocenters. The molecule has 1 heterocycles. The SMILES string of the molecule is Cc1ccccc1N1CCN(C)C(CO)C1=O. The predicted octanol–water partition coefficient (Wildman–Crippen LogP) is 0.634. The second-order valence-corrected chi connectivity index (χ2v) is 4.46. The first-order valence-electron chi connectivity index (χ1n) is 5.83. The Morgan fingerprint density at radius 2 is 2.06 bits per heavy atom. The van der Waals surface area contributed by atoms with Crippen LogP contribution in [0.4, 0.5) is 5.69 Å². The van der Waals surface area contributed by atoms with Gasteiger partial charge in [0, 0.05) is 18.8 Å². The highest BCUT2D eigenvalue weighted by atomic mass is 16.3. The van der Waals surface area contributed by atoms with Crippen molar-refractivity contribution in [2.45, 2.75) is 13.0 Å². The zero-order valence-electron chi connectivity index (χ0n) is 10.3. The third kappa shape index (κ3) is 2.18. The van der Waals surface area contributed by atoms with E-state index in [0.717, 1.165) is 17.8 Å². The lowest BCUT2D eigenvalue weighted by atomic mass is 10.1. The van der Waals surface area contributed by atoms with Crippen LogP contribution in [0.3, 0.4) is 0 Å². The average Bonchev–Trinajstić information content (AvgIpc) is 2.31. The minimum absolute atomic E-state index is 0.0180. The van der Waals surface area contributed by atoms with Crippen LogP contribution >= 0.6 is 0 Å². The van der Waals surface area contributed by atoms with Crippen LogP contribution in [0.5, 0.6) is 0 Å². The summed E-state index contributed by atoms with van der Waals surface area (Å²) in [6.45, 7) is 3.33. The fourth-order valence-corrected chi connectivity index (χ4v) is 2.22. The Morgan fingerprint density at radius 1 is 1.35 bits per heavy atom. The maximum atomic E-state index is 12.2. The number of aliphatic hydroxyl groups is 1. The highest BCUT2D eigenvalue weighted by Gasteiger charge is 2.33. The van der Waals surface area contributed by atoms with Gasteiger partial charge in [-0.05, 0) is 25.6 Å². The summed E-state index contributed by atoms with van der Waals surface area (Å²) in [5.41, 5.74) is 2.03. The molecule has 1 saturated heterocycles. The molecule has 0 aromatic heterocycles. The smallest absolute Gasteiger partial charge is 0.246 e. The highest BCUT2D eigenvalue weighted by molar-refractivity contribution is 5.98. The summed E-state index contributed by atoms with van der Waals surface area (Å²) in [5.74, 6) is -0.0180. The molecular formula is C13H18N2O2. The summed E-state index contributed by atoms with van der Waals surface area (Å²) in [7, 11) is 1.87. The van der Waals surface area contributed by atoms with Crippen LogP contribution in [0, 0.1) is 6.92 Å². The molecule has 0 saturated carbocycles. The fourth-order valence-electron chi connectivity index (χ4n) is 2.22. The number of hydrogen-bond donors (Lipinski definition) is 1. The Labute approximate surface area is 101 Å². The summed E-state index contributed by atoms with van der Waals surface area (Å²) in [6, 6.07) is 7.43. The standard InChI is InChI=1S/C13H18N2O2/c1-10-5-3-4-6-11(10)15-8-7-14(2)12(9-16)13(15)17/h3-6,12,16H,7-9H2,1-2H3. The van der Waals surface area contributed by atoms with Crippen LogP contribution in [0.2, 0.25) is 0 Å². The van der Waals surface area contributed by atoms with Crippen molar-refractivity contribution in [3.63, 3.8) is 0 Å². The molecule has 1 fully saturated rings. The largest absolute Gasteiger partial charge is 0.394 e. The van der Waals surface area contributed by atoms with Gasteiger partial charge in [0.05, 0.1) is 6.61 Å². The molecule has 4 heteroatoms. The first-order chi connectivity index (χ1) is 8.15. The number of carbonyl (C=O) groups excluding carboxylic acids is 1. The van der Waals surface area contributed by atoms with Crippen molar-refractivity contribution in [3.05, 3.63) is 29.8 Å². The van der Waals surface area contributed by atoms with Crippen LogP contribution < -0.4 is 4.90 Å². The Balaban J connectivity index is 2.28. The molecule has 0 bridgehead atoms. The zero-order valence-corrected chi connectivity index (χ0v) is 10.3. The quantitative estimate of drug-likeness (QED) is 0.816. The van der Waals surface area contributed by atoms with E-state index in [1.807, 2.05) is 43.1 Å². The molecule has 17 heavy (non-hydrogen) atoms. The maximum absolute atomic E-state index is 12.2. The summed E-state index contributed by atoms with van der Waals surface area (Å²) in [4.78, 5) is 15.9. The molecule has 1 unspecified atom stereocenters. The summed E-state index contributed by atoms with van der Waals surface area (Å²) in [6.07, 6.45) is 0. The van der Waals surface area contributed by atoms with E-state index in [4.69, 9.17) is 0 Å². The zero-order chi connectivity index (χ0) is 12.4. The number of carbonyl (C=O) groups is 1. The first-order valence-corrected chi connectivity index (χ1v) is 5.83. The molecular weight excluding hydrogens is 216 g/mol. The second kappa shape index (κ2) is 4.85. The van der Waals surface area contributed by atoms with Gasteiger partial charge >= 0.3 is 0 Å². The molecule has 1 aromatic carbocycles. The van der Waals surface area contributed by atoms with Gasteiger partial charge in [-0.2, -0.15) is 0 Å². The second-order valence-electron chi connectivity index (χ2n) is 4.46. The van der Waals surface area contributed by atoms with Gasteiger partial charge < -0.3 is 10.0 Å². The third-order valence-electron chi connectivity index (χ3n) is 3.34. The van der Waals surface area contributed by atoms with Crippen molar-refractivity contribution in [3.8, 4) is 0 Å². The van der Waals surface area contributed by atoms with Crippen LogP contribution in [0.1, 0.15) is 5.56 Å². The van der Waals surface area contributed by atoms with E-state index in [-0.39, 0.29) is 12.5 Å². The number of hydrogen-bond acceptors (Lipinski definition) is 3.